The predicted molar refractivity (Wildman–Crippen MR) is 89.0 cm³/mol. The molecule has 0 bridgehead atoms. The summed E-state index contributed by atoms with van der Waals surface area (Å²) in [6.45, 7) is 1.97. The lowest BCUT2D eigenvalue weighted by Gasteiger charge is -2.22. The first-order valence-electron chi connectivity index (χ1n) is 7.05. The van der Waals surface area contributed by atoms with Crippen molar-refractivity contribution in [1.29, 1.82) is 0 Å². The van der Waals surface area contributed by atoms with Gasteiger partial charge in [-0.15, -0.1) is 23.7 Å². The number of halogens is 1. The van der Waals surface area contributed by atoms with Gasteiger partial charge in [-0.2, -0.15) is 5.10 Å². The van der Waals surface area contributed by atoms with Gasteiger partial charge in [0.05, 0.1) is 5.69 Å². The minimum absolute atomic E-state index is 0. The number of thiazole rings is 1. The number of fused-ring (bicyclic) bond motifs is 1. The maximum Gasteiger partial charge on any atom is 0.251 e. The van der Waals surface area contributed by atoms with Crippen LogP contribution in [0.3, 0.4) is 0 Å². The normalized spacial score (nSPS) is 15.8. The second kappa shape index (κ2) is 6.20. The third-order valence-electron chi connectivity index (χ3n) is 3.89. The van der Waals surface area contributed by atoms with E-state index in [4.69, 9.17) is 0 Å². The van der Waals surface area contributed by atoms with E-state index in [0.717, 1.165) is 48.0 Å². The van der Waals surface area contributed by atoms with Crippen molar-refractivity contribution in [2.45, 2.75) is 18.8 Å². The Kier molecular flexibility index (Phi) is 4.28. The molecule has 1 aliphatic rings. The van der Waals surface area contributed by atoms with Crippen LogP contribution in [0.4, 0.5) is 0 Å². The summed E-state index contributed by atoms with van der Waals surface area (Å²) >= 11 is 1.55. The quantitative estimate of drug-likeness (QED) is 0.750. The number of nitrogens with zero attached hydrogens (tertiary/aromatic N) is 3. The summed E-state index contributed by atoms with van der Waals surface area (Å²) in [5.74, 6) is 0.375. The Labute approximate surface area is 137 Å². The summed E-state index contributed by atoms with van der Waals surface area (Å²) in [6, 6.07) is 3.58. The number of hydrogen-bond acceptors (Lipinski definition) is 5. The van der Waals surface area contributed by atoms with Crippen molar-refractivity contribution < 1.29 is 0 Å². The second-order valence-electron chi connectivity index (χ2n) is 5.25. The average molecular weight is 338 g/mol. The molecule has 3 aromatic rings. The van der Waals surface area contributed by atoms with E-state index in [1.165, 1.54) is 0 Å². The average Bonchev–Trinajstić information content (AvgIpc) is 3.16. The molecule has 0 amide bonds. The highest BCUT2D eigenvalue weighted by Gasteiger charge is 2.20. The molecule has 4 rings (SSSR count). The van der Waals surface area contributed by atoms with Gasteiger partial charge in [0, 0.05) is 29.6 Å². The molecule has 1 saturated heterocycles. The fourth-order valence-corrected chi connectivity index (χ4v) is 3.48. The van der Waals surface area contributed by atoms with Crippen LogP contribution in [0.15, 0.2) is 28.5 Å². The summed E-state index contributed by atoms with van der Waals surface area (Å²) < 4.78 is 1.87. The highest BCUT2D eigenvalue weighted by Crippen LogP contribution is 2.26. The SMILES string of the molecule is Cl.O=c1cc(C2CCNCC2)n2nc(-c3nccs3)cc2[nH]1. The van der Waals surface area contributed by atoms with Crippen LogP contribution >= 0.6 is 23.7 Å². The zero-order valence-corrected chi connectivity index (χ0v) is 13.4. The Balaban J connectivity index is 0.00000144. The molecule has 8 heteroatoms. The largest absolute Gasteiger partial charge is 0.317 e. The highest BCUT2D eigenvalue weighted by molar-refractivity contribution is 7.13. The molecule has 6 nitrogen and oxygen atoms in total. The van der Waals surface area contributed by atoms with Gasteiger partial charge >= 0.3 is 0 Å². The molecule has 0 aliphatic carbocycles. The number of H-pyrrole nitrogens is 1. The molecule has 0 radical (unpaired) electrons. The standard InChI is InChI=1S/C14H15N5OS.ClH/c20-13-8-11(9-1-3-15-4-2-9)19-12(17-13)7-10(18-19)14-16-5-6-21-14;/h5-9,15H,1-4H2,(H,17,20);1H. The number of hydrogen-bond donors (Lipinski definition) is 2. The van der Waals surface area contributed by atoms with Gasteiger partial charge < -0.3 is 10.3 Å². The molecule has 0 atom stereocenters. The Hall–Kier alpha value is -1.70. The van der Waals surface area contributed by atoms with Gasteiger partial charge in [0.1, 0.15) is 16.3 Å². The van der Waals surface area contributed by atoms with Crippen LogP contribution in [0.2, 0.25) is 0 Å². The van der Waals surface area contributed by atoms with Gasteiger partial charge in [0.2, 0.25) is 0 Å². The molecular formula is C14H16ClN5OS. The lowest BCUT2D eigenvalue weighted by atomic mass is 9.94. The Morgan fingerprint density at radius 1 is 1.27 bits per heavy atom. The van der Waals surface area contributed by atoms with Crippen molar-refractivity contribution in [1.82, 2.24) is 24.9 Å². The van der Waals surface area contributed by atoms with E-state index in [9.17, 15) is 4.79 Å². The van der Waals surface area contributed by atoms with Crippen molar-refractivity contribution in [3.05, 3.63) is 39.8 Å². The van der Waals surface area contributed by atoms with E-state index in [-0.39, 0.29) is 18.0 Å². The molecule has 2 N–H and O–H groups in total. The fraction of sp³-hybridized carbons (Fsp3) is 0.357. The lowest BCUT2D eigenvalue weighted by molar-refractivity contribution is 0.446. The first kappa shape index (κ1) is 15.2. The number of rotatable bonds is 2. The van der Waals surface area contributed by atoms with Crippen LogP contribution in [0.25, 0.3) is 16.3 Å². The summed E-state index contributed by atoms with van der Waals surface area (Å²) in [5, 5.41) is 10.8. The van der Waals surface area contributed by atoms with E-state index in [2.05, 4.69) is 20.4 Å². The maximum atomic E-state index is 11.9. The fourth-order valence-electron chi connectivity index (χ4n) is 2.89. The van der Waals surface area contributed by atoms with E-state index in [1.807, 2.05) is 16.0 Å². The van der Waals surface area contributed by atoms with Gasteiger partial charge in [0.15, 0.2) is 0 Å². The van der Waals surface area contributed by atoms with Crippen molar-refractivity contribution >= 4 is 29.4 Å². The van der Waals surface area contributed by atoms with Gasteiger partial charge in [-0.05, 0) is 25.9 Å². The van der Waals surface area contributed by atoms with Crippen LogP contribution in [-0.2, 0) is 0 Å². The number of piperidine rings is 1. The third kappa shape index (κ3) is 2.67. The van der Waals surface area contributed by atoms with Gasteiger partial charge in [-0.1, -0.05) is 0 Å². The zero-order chi connectivity index (χ0) is 14.2. The van der Waals surface area contributed by atoms with Gasteiger partial charge in [-0.25, -0.2) is 9.50 Å². The first-order chi connectivity index (χ1) is 10.3. The highest BCUT2D eigenvalue weighted by atomic mass is 35.5. The molecule has 4 heterocycles. The first-order valence-corrected chi connectivity index (χ1v) is 7.93. The maximum absolute atomic E-state index is 11.9. The van der Waals surface area contributed by atoms with Crippen molar-refractivity contribution in [3.63, 3.8) is 0 Å². The van der Waals surface area contributed by atoms with Crippen LogP contribution in [0.5, 0.6) is 0 Å². The Morgan fingerprint density at radius 2 is 2.09 bits per heavy atom. The molecule has 1 fully saturated rings. The van der Waals surface area contributed by atoms with Crippen LogP contribution in [-0.4, -0.2) is 32.7 Å². The zero-order valence-electron chi connectivity index (χ0n) is 11.8. The smallest absolute Gasteiger partial charge is 0.251 e. The molecule has 0 spiro atoms. The Morgan fingerprint density at radius 3 is 2.82 bits per heavy atom. The van der Waals surface area contributed by atoms with Crippen LogP contribution in [0, 0.1) is 0 Å². The molecule has 1 aliphatic heterocycles. The predicted octanol–water partition coefficient (Wildman–Crippen LogP) is 2.03. The monoisotopic (exact) mass is 337 g/mol. The molecule has 116 valence electrons. The molecule has 0 unspecified atom stereocenters. The van der Waals surface area contributed by atoms with Crippen LogP contribution < -0.4 is 10.9 Å². The van der Waals surface area contributed by atoms with Crippen molar-refractivity contribution in [2.24, 2.45) is 0 Å². The van der Waals surface area contributed by atoms with Gasteiger partial charge in [-0.3, -0.25) is 4.79 Å². The molecule has 0 aromatic carbocycles. The lowest BCUT2D eigenvalue weighted by Crippen LogP contribution is -2.28. The van der Waals surface area contributed by atoms with E-state index >= 15 is 0 Å². The summed E-state index contributed by atoms with van der Waals surface area (Å²) in [7, 11) is 0. The van der Waals surface area contributed by atoms with Crippen LogP contribution in [0.1, 0.15) is 24.5 Å². The second-order valence-corrected chi connectivity index (χ2v) is 6.14. The number of aromatic nitrogens is 4. The summed E-state index contributed by atoms with van der Waals surface area (Å²) in [4.78, 5) is 19.1. The molecule has 3 aromatic heterocycles. The van der Waals surface area contributed by atoms with Gasteiger partial charge in [0.25, 0.3) is 5.56 Å². The molecule has 0 saturated carbocycles. The Bertz CT molecular complexity index is 819. The summed E-state index contributed by atoms with van der Waals surface area (Å²) in [5.41, 5.74) is 2.47. The molecular weight excluding hydrogens is 322 g/mol. The molecule has 22 heavy (non-hydrogen) atoms. The summed E-state index contributed by atoms with van der Waals surface area (Å²) in [6.07, 6.45) is 3.83. The van der Waals surface area contributed by atoms with Crippen molar-refractivity contribution in [3.8, 4) is 10.7 Å². The number of aromatic amines is 1. The number of nitrogens with one attached hydrogen (secondary N) is 2. The van der Waals surface area contributed by atoms with Crippen molar-refractivity contribution in [2.75, 3.05) is 13.1 Å². The minimum atomic E-state index is -0.0679. The minimum Gasteiger partial charge on any atom is -0.317 e. The third-order valence-corrected chi connectivity index (χ3v) is 4.69. The topological polar surface area (TPSA) is 75.1 Å². The van der Waals surface area contributed by atoms with E-state index in [1.54, 1.807) is 23.6 Å². The van der Waals surface area contributed by atoms with E-state index in [0.29, 0.717) is 5.92 Å². The van der Waals surface area contributed by atoms with E-state index < -0.39 is 0 Å².